The Balaban J connectivity index is 0.000000861. The van der Waals surface area contributed by atoms with Crippen LogP contribution in [0.4, 0.5) is 0 Å². The molecule has 0 aliphatic rings. The van der Waals surface area contributed by atoms with Crippen molar-refractivity contribution in [3.05, 3.63) is 36.2 Å². The average Bonchev–Trinajstić information content (AvgIpc) is 2.48. The third-order valence-electron chi connectivity index (χ3n) is 2.44. The van der Waals surface area contributed by atoms with Crippen molar-refractivity contribution in [2.75, 3.05) is 14.2 Å². The molecule has 0 aliphatic carbocycles. The van der Waals surface area contributed by atoms with Gasteiger partial charge in [-0.3, -0.25) is 4.98 Å². The molecule has 0 aromatic carbocycles. The van der Waals surface area contributed by atoms with E-state index < -0.39 is 0 Å². The number of methoxy groups -OCH3 is 2. The maximum absolute atomic E-state index is 5.21. The molecule has 0 bridgehead atoms. The van der Waals surface area contributed by atoms with Crippen molar-refractivity contribution in [1.82, 2.24) is 9.97 Å². The summed E-state index contributed by atoms with van der Waals surface area (Å²) in [4.78, 5) is 8.49. The van der Waals surface area contributed by atoms with E-state index in [2.05, 4.69) is 9.97 Å². The summed E-state index contributed by atoms with van der Waals surface area (Å²) < 4.78 is 10.3. The van der Waals surface area contributed by atoms with Crippen LogP contribution in [0.5, 0.6) is 11.6 Å². The first-order chi connectivity index (χ1) is 9.24. The van der Waals surface area contributed by atoms with Gasteiger partial charge in [0, 0.05) is 18.0 Å². The van der Waals surface area contributed by atoms with Gasteiger partial charge in [-0.25, -0.2) is 4.98 Å². The van der Waals surface area contributed by atoms with Crippen molar-refractivity contribution in [2.45, 2.75) is 20.8 Å². The second-order valence-electron chi connectivity index (χ2n) is 3.65. The van der Waals surface area contributed by atoms with E-state index in [1.54, 1.807) is 26.6 Å². The molecular weight excluding hydrogens is 240 g/mol. The fourth-order valence-corrected chi connectivity index (χ4v) is 1.57. The van der Waals surface area contributed by atoms with Crippen molar-refractivity contribution in [1.29, 1.82) is 0 Å². The van der Waals surface area contributed by atoms with Gasteiger partial charge in [0.25, 0.3) is 5.88 Å². The van der Waals surface area contributed by atoms with Gasteiger partial charge in [0.1, 0.15) is 0 Å². The fraction of sp³-hybridized carbons (Fsp3) is 0.333. The van der Waals surface area contributed by atoms with E-state index in [-0.39, 0.29) is 0 Å². The molecule has 0 spiro atoms. The van der Waals surface area contributed by atoms with Crippen LogP contribution in [0.25, 0.3) is 11.3 Å². The molecule has 4 nitrogen and oxygen atoms in total. The molecular formula is C15H20N2O2. The highest BCUT2D eigenvalue weighted by atomic mass is 16.5. The molecule has 0 saturated carbocycles. The van der Waals surface area contributed by atoms with Crippen molar-refractivity contribution in [2.24, 2.45) is 0 Å². The Bertz CT molecular complexity index is 527. The van der Waals surface area contributed by atoms with Crippen molar-refractivity contribution >= 4 is 0 Å². The molecule has 0 unspecified atom stereocenters. The maximum atomic E-state index is 5.21. The van der Waals surface area contributed by atoms with E-state index in [0.717, 1.165) is 16.8 Å². The molecule has 0 N–H and O–H groups in total. The molecule has 0 radical (unpaired) electrons. The summed E-state index contributed by atoms with van der Waals surface area (Å²) >= 11 is 0. The van der Waals surface area contributed by atoms with Crippen LogP contribution in [0.2, 0.25) is 0 Å². The maximum Gasteiger partial charge on any atom is 0.256 e. The van der Waals surface area contributed by atoms with E-state index in [4.69, 9.17) is 9.47 Å². The summed E-state index contributed by atoms with van der Waals surface area (Å²) in [6.07, 6.45) is 3.50. The number of ether oxygens (including phenoxy) is 2. The first-order valence-corrected chi connectivity index (χ1v) is 6.25. The van der Waals surface area contributed by atoms with E-state index in [1.807, 2.05) is 39.0 Å². The SMILES string of the molecule is CC.COc1cc(-c2cc(C)ccn2)cnc1OC. The van der Waals surface area contributed by atoms with Crippen molar-refractivity contribution in [3.63, 3.8) is 0 Å². The smallest absolute Gasteiger partial charge is 0.256 e. The Kier molecular flexibility index (Phi) is 5.79. The van der Waals surface area contributed by atoms with Crippen LogP contribution >= 0.6 is 0 Å². The zero-order valence-corrected chi connectivity index (χ0v) is 12.1. The molecule has 2 aromatic heterocycles. The van der Waals surface area contributed by atoms with Crippen LogP contribution in [0, 0.1) is 6.92 Å². The van der Waals surface area contributed by atoms with Gasteiger partial charge in [0.2, 0.25) is 0 Å². The Morgan fingerprint density at radius 2 is 1.74 bits per heavy atom. The predicted molar refractivity (Wildman–Crippen MR) is 76.7 cm³/mol. The molecule has 0 amide bonds. The third kappa shape index (κ3) is 3.68. The quantitative estimate of drug-likeness (QED) is 0.847. The molecule has 0 saturated heterocycles. The zero-order valence-electron chi connectivity index (χ0n) is 12.1. The summed E-state index contributed by atoms with van der Waals surface area (Å²) in [5, 5.41) is 0. The van der Waals surface area contributed by atoms with Gasteiger partial charge in [-0.2, -0.15) is 0 Å². The standard InChI is InChI=1S/C13H14N2O2.C2H6/c1-9-4-5-14-11(6-9)10-7-12(16-2)13(17-3)15-8-10;1-2/h4-8H,1-3H3;1-2H3. The monoisotopic (exact) mass is 260 g/mol. The highest BCUT2D eigenvalue weighted by Crippen LogP contribution is 2.28. The van der Waals surface area contributed by atoms with Gasteiger partial charge in [-0.15, -0.1) is 0 Å². The molecule has 2 heterocycles. The lowest BCUT2D eigenvalue weighted by Crippen LogP contribution is -1.94. The Labute approximate surface area is 114 Å². The molecule has 2 rings (SSSR count). The van der Waals surface area contributed by atoms with E-state index in [9.17, 15) is 0 Å². The van der Waals surface area contributed by atoms with Crippen LogP contribution in [0.1, 0.15) is 19.4 Å². The number of rotatable bonds is 3. The number of aromatic nitrogens is 2. The normalized spacial score (nSPS) is 9.32. The van der Waals surface area contributed by atoms with E-state index in [1.165, 1.54) is 0 Å². The summed E-state index contributed by atoms with van der Waals surface area (Å²) in [5.41, 5.74) is 2.94. The van der Waals surface area contributed by atoms with Gasteiger partial charge in [0.15, 0.2) is 5.75 Å². The van der Waals surface area contributed by atoms with E-state index >= 15 is 0 Å². The third-order valence-corrected chi connectivity index (χ3v) is 2.44. The van der Waals surface area contributed by atoms with Gasteiger partial charge in [-0.05, 0) is 30.7 Å². The van der Waals surface area contributed by atoms with E-state index in [0.29, 0.717) is 11.6 Å². The highest BCUT2D eigenvalue weighted by Gasteiger charge is 2.08. The molecule has 4 heteroatoms. The second-order valence-corrected chi connectivity index (χ2v) is 3.65. The first-order valence-electron chi connectivity index (χ1n) is 6.25. The summed E-state index contributed by atoms with van der Waals surface area (Å²) in [5.74, 6) is 1.08. The van der Waals surface area contributed by atoms with Crippen LogP contribution in [0.3, 0.4) is 0 Å². The average molecular weight is 260 g/mol. The predicted octanol–water partition coefficient (Wildman–Crippen LogP) is 3.50. The van der Waals surface area contributed by atoms with Crippen molar-refractivity contribution < 1.29 is 9.47 Å². The Morgan fingerprint density at radius 1 is 1.00 bits per heavy atom. The lowest BCUT2D eigenvalue weighted by molar-refractivity contribution is 0.343. The summed E-state index contributed by atoms with van der Waals surface area (Å²) in [6.45, 7) is 6.03. The van der Waals surface area contributed by atoms with Gasteiger partial charge in [-0.1, -0.05) is 13.8 Å². The summed E-state index contributed by atoms with van der Waals surface area (Å²) in [7, 11) is 3.16. The van der Waals surface area contributed by atoms with Crippen molar-refractivity contribution in [3.8, 4) is 22.9 Å². The minimum absolute atomic E-state index is 0.476. The number of pyridine rings is 2. The van der Waals surface area contributed by atoms with Gasteiger partial charge >= 0.3 is 0 Å². The summed E-state index contributed by atoms with van der Waals surface area (Å²) in [6, 6.07) is 5.83. The van der Waals surface area contributed by atoms with Crippen LogP contribution in [-0.2, 0) is 0 Å². The lowest BCUT2D eigenvalue weighted by atomic mass is 10.1. The zero-order chi connectivity index (χ0) is 14.3. The number of nitrogens with zero attached hydrogens (tertiary/aromatic N) is 2. The minimum Gasteiger partial charge on any atom is -0.491 e. The Hall–Kier alpha value is -2.10. The van der Waals surface area contributed by atoms with Gasteiger partial charge in [0.05, 0.1) is 19.9 Å². The number of hydrogen-bond acceptors (Lipinski definition) is 4. The molecule has 0 atom stereocenters. The molecule has 102 valence electrons. The van der Waals surface area contributed by atoms with Crippen LogP contribution in [-0.4, -0.2) is 24.2 Å². The topological polar surface area (TPSA) is 44.2 Å². The Morgan fingerprint density at radius 3 is 2.32 bits per heavy atom. The molecule has 0 aliphatic heterocycles. The van der Waals surface area contributed by atoms with Crippen LogP contribution in [0.15, 0.2) is 30.6 Å². The number of aryl methyl sites for hydroxylation is 1. The van der Waals surface area contributed by atoms with Crippen LogP contribution < -0.4 is 9.47 Å². The molecule has 19 heavy (non-hydrogen) atoms. The molecule has 2 aromatic rings. The largest absolute Gasteiger partial charge is 0.491 e. The minimum atomic E-state index is 0.476. The lowest BCUT2D eigenvalue weighted by Gasteiger charge is -2.08. The second kappa shape index (κ2) is 7.36. The molecule has 0 fully saturated rings. The first kappa shape index (κ1) is 15.0. The van der Waals surface area contributed by atoms with Gasteiger partial charge < -0.3 is 9.47 Å². The number of hydrogen-bond donors (Lipinski definition) is 0. The highest BCUT2D eigenvalue weighted by molar-refractivity contribution is 5.61. The fourth-order valence-electron chi connectivity index (χ4n) is 1.57.